The molecule has 1 fully saturated rings. The monoisotopic (exact) mass is 244 g/mol. The molecule has 0 aromatic carbocycles. The molecule has 0 aliphatic heterocycles. The maximum absolute atomic E-state index is 12.1. The van der Waals surface area contributed by atoms with Gasteiger partial charge < -0.3 is 11.1 Å². The Morgan fingerprint density at radius 3 is 2.31 bits per heavy atom. The molecule has 0 aromatic rings. The van der Waals surface area contributed by atoms with Crippen LogP contribution in [-0.4, -0.2) is 19.0 Å². The van der Waals surface area contributed by atoms with Crippen LogP contribution < -0.4 is 11.1 Å². The minimum atomic E-state index is -0.372. The third-order valence-corrected chi connectivity index (χ3v) is 3.51. The Hall–Kier alpha value is -0.540. The highest BCUT2D eigenvalue weighted by Gasteiger charge is 2.36. The summed E-state index contributed by atoms with van der Waals surface area (Å²) in [5.41, 5.74) is 5.43. The zero-order chi connectivity index (χ0) is 12.0. The average Bonchev–Trinajstić information content (AvgIpc) is 2.51. The summed E-state index contributed by atoms with van der Waals surface area (Å²) in [5, 5.41) is 3.27. The van der Waals surface area contributed by atoms with E-state index >= 15 is 0 Å². The molecule has 4 heteroatoms. The predicted octanol–water partition coefficient (Wildman–Crippen LogP) is 2.15. The molecular formula is C12H21ClN2O. The van der Waals surface area contributed by atoms with E-state index < -0.39 is 0 Å². The molecule has 0 bridgehead atoms. The fourth-order valence-corrected chi connectivity index (χ4v) is 2.36. The number of amides is 1. The minimum Gasteiger partial charge on any atom is -0.351 e. The third-order valence-electron chi connectivity index (χ3n) is 3.37. The van der Waals surface area contributed by atoms with E-state index in [0.29, 0.717) is 18.1 Å². The molecule has 3 N–H and O–H groups in total. The number of nitrogens with one attached hydrogen (secondary N) is 1. The van der Waals surface area contributed by atoms with Crippen LogP contribution in [0, 0.1) is 5.41 Å². The average molecular weight is 245 g/mol. The summed E-state index contributed by atoms with van der Waals surface area (Å²) in [7, 11) is 0. The molecule has 1 aliphatic carbocycles. The van der Waals surface area contributed by atoms with Gasteiger partial charge in [-0.1, -0.05) is 43.9 Å². The Bertz CT molecular complexity index is 258. The molecule has 0 atom stereocenters. The largest absolute Gasteiger partial charge is 0.351 e. The van der Waals surface area contributed by atoms with Crippen molar-refractivity contribution in [1.29, 1.82) is 0 Å². The van der Waals surface area contributed by atoms with Crippen molar-refractivity contribution in [2.75, 3.05) is 13.1 Å². The van der Waals surface area contributed by atoms with Gasteiger partial charge in [-0.15, -0.1) is 0 Å². The molecule has 0 radical (unpaired) electrons. The van der Waals surface area contributed by atoms with E-state index in [1.165, 1.54) is 12.8 Å². The highest BCUT2D eigenvalue weighted by molar-refractivity contribution is 6.29. The first-order valence-corrected chi connectivity index (χ1v) is 6.30. The van der Waals surface area contributed by atoms with Crippen LogP contribution in [0.2, 0.25) is 0 Å². The van der Waals surface area contributed by atoms with E-state index in [2.05, 4.69) is 11.9 Å². The van der Waals surface area contributed by atoms with Crippen molar-refractivity contribution in [3.63, 3.8) is 0 Å². The Balaban J connectivity index is 2.61. The third kappa shape index (κ3) is 3.49. The number of rotatable bonds is 4. The number of hydrogen-bond acceptors (Lipinski definition) is 2. The molecule has 1 amide bonds. The van der Waals surface area contributed by atoms with Crippen LogP contribution in [0.4, 0.5) is 0 Å². The molecule has 0 aromatic heterocycles. The van der Waals surface area contributed by atoms with E-state index in [-0.39, 0.29) is 11.3 Å². The van der Waals surface area contributed by atoms with Crippen LogP contribution >= 0.6 is 11.6 Å². The molecule has 92 valence electrons. The zero-order valence-corrected chi connectivity index (χ0v) is 10.5. The van der Waals surface area contributed by atoms with Gasteiger partial charge in [0.05, 0.1) is 12.0 Å². The maximum Gasteiger partial charge on any atom is 0.227 e. The quantitative estimate of drug-likeness (QED) is 0.745. The molecule has 0 unspecified atom stereocenters. The van der Waals surface area contributed by atoms with E-state index in [9.17, 15) is 4.79 Å². The fraction of sp³-hybridized carbons (Fsp3) is 0.750. The Morgan fingerprint density at radius 1 is 1.31 bits per heavy atom. The van der Waals surface area contributed by atoms with Gasteiger partial charge in [0.2, 0.25) is 5.91 Å². The number of nitrogens with two attached hydrogens (primary N) is 1. The van der Waals surface area contributed by atoms with Gasteiger partial charge in [-0.25, -0.2) is 0 Å². The standard InChI is InChI=1S/C12H21ClN2O/c1-10(13)8-15-11(16)12(9-14)6-4-2-3-5-7-12/h1-9,14H2,(H,15,16). The van der Waals surface area contributed by atoms with Gasteiger partial charge in [-0.3, -0.25) is 4.79 Å². The molecule has 0 saturated heterocycles. The number of halogens is 1. The van der Waals surface area contributed by atoms with Crippen LogP contribution in [0.25, 0.3) is 0 Å². The van der Waals surface area contributed by atoms with Crippen LogP contribution in [0.3, 0.4) is 0 Å². The van der Waals surface area contributed by atoms with Crippen LogP contribution in [0.15, 0.2) is 11.6 Å². The van der Waals surface area contributed by atoms with Crippen molar-refractivity contribution < 1.29 is 4.79 Å². The van der Waals surface area contributed by atoms with Gasteiger partial charge in [0.25, 0.3) is 0 Å². The Kier molecular flexibility index (Phi) is 5.29. The second-order valence-electron chi connectivity index (χ2n) is 4.60. The van der Waals surface area contributed by atoms with Gasteiger partial charge in [0, 0.05) is 11.6 Å². The van der Waals surface area contributed by atoms with Crippen LogP contribution in [0.5, 0.6) is 0 Å². The lowest BCUT2D eigenvalue weighted by molar-refractivity contribution is -0.131. The summed E-state index contributed by atoms with van der Waals surface area (Å²) in [6.45, 7) is 4.32. The van der Waals surface area contributed by atoms with Crippen molar-refractivity contribution in [3.05, 3.63) is 11.6 Å². The summed E-state index contributed by atoms with van der Waals surface area (Å²) in [5.74, 6) is 0.0405. The van der Waals surface area contributed by atoms with Crippen LogP contribution in [0.1, 0.15) is 38.5 Å². The van der Waals surface area contributed by atoms with Crippen molar-refractivity contribution in [3.8, 4) is 0 Å². The normalized spacial score (nSPS) is 19.9. The molecule has 0 spiro atoms. The van der Waals surface area contributed by atoms with Crippen molar-refractivity contribution in [2.24, 2.45) is 11.1 Å². The lowest BCUT2D eigenvalue weighted by atomic mass is 9.79. The molecule has 1 rings (SSSR count). The molecule has 3 nitrogen and oxygen atoms in total. The summed E-state index contributed by atoms with van der Waals surface area (Å²) < 4.78 is 0. The molecule has 1 aliphatic rings. The molecular weight excluding hydrogens is 224 g/mol. The van der Waals surface area contributed by atoms with Crippen molar-refractivity contribution >= 4 is 17.5 Å². The molecule has 0 heterocycles. The highest BCUT2D eigenvalue weighted by Crippen LogP contribution is 2.34. The lowest BCUT2D eigenvalue weighted by Gasteiger charge is -2.29. The first kappa shape index (κ1) is 13.5. The minimum absolute atomic E-state index is 0.0405. The summed E-state index contributed by atoms with van der Waals surface area (Å²) in [6.07, 6.45) is 6.38. The summed E-state index contributed by atoms with van der Waals surface area (Å²) in [6, 6.07) is 0. The first-order valence-electron chi connectivity index (χ1n) is 5.92. The van der Waals surface area contributed by atoms with E-state index in [0.717, 1.165) is 25.7 Å². The SMILES string of the molecule is C=C(Cl)CNC(=O)C1(CN)CCCCCC1. The molecule has 16 heavy (non-hydrogen) atoms. The van der Waals surface area contributed by atoms with E-state index in [1.807, 2.05) is 0 Å². The smallest absolute Gasteiger partial charge is 0.227 e. The summed E-state index contributed by atoms with van der Waals surface area (Å²) >= 11 is 5.64. The van der Waals surface area contributed by atoms with Gasteiger partial charge in [-0.05, 0) is 12.8 Å². The zero-order valence-electron chi connectivity index (χ0n) is 9.73. The number of hydrogen-bond donors (Lipinski definition) is 2. The van der Waals surface area contributed by atoms with E-state index in [1.54, 1.807) is 0 Å². The summed E-state index contributed by atoms with van der Waals surface area (Å²) in [4.78, 5) is 12.1. The number of carbonyl (C=O) groups excluding carboxylic acids is 1. The molecule has 1 saturated carbocycles. The first-order chi connectivity index (χ1) is 7.60. The van der Waals surface area contributed by atoms with Gasteiger partial charge in [-0.2, -0.15) is 0 Å². The second-order valence-corrected chi connectivity index (χ2v) is 5.13. The van der Waals surface area contributed by atoms with Gasteiger partial charge in [0.15, 0.2) is 0 Å². The van der Waals surface area contributed by atoms with E-state index in [4.69, 9.17) is 17.3 Å². The fourth-order valence-electron chi connectivity index (χ4n) is 2.29. The highest BCUT2D eigenvalue weighted by atomic mass is 35.5. The Morgan fingerprint density at radius 2 is 1.88 bits per heavy atom. The number of carbonyl (C=O) groups is 1. The van der Waals surface area contributed by atoms with Crippen molar-refractivity contribution in [1.82, 2.24) is 5.32 Å². The van der Waals surface area contributed by atoms with Crippen molar-refractivity contribution in [2.45, 2.75) is 38.5 Å². The van der Waals surface area contributed by atoms with Gasteiger partial charge >= 0.3 is 0 Å². The predicted molar refractivity (Wildman–Crippen MR) is 67.2 cm³/mol. The van der Waals surface area contributed by atoms with Gasteiger partial charge in [0.1, 0.15) is 0 Å². The lowest BCUT2D eigenvalue weighted by Crippen LogP contribution is -2.46. The van der Waals surface area contributed by atoms with Crippen LogP contribution in [-0.2, 0) is 4.79 Å². The topological polar surface area (TPSA) is 55.1 Å². The second kappa shape index (κ2) is 6.26. The maximum atomic E-state index is 12.1. The Labute approximate surface area is 102 Å².